The van der Waals surface area contributed by atoms with Crippen LogP contribution < -0.4 is 10.1 Å². The van der Waals surface area contributed by atoms with Crippen LogP contribution in [0.3, 0.4) is 0 Å². The van der Waals surface area contributed by atoms with E-state index in [-0.39, 0.29) is 5.57 Å². The molecule has 1 aliphatic rings. The maximum atomic E-state index is 12.8. The highest BCUT2D eigenvalue weighted by molar-refractivity contribution is 7.97. The predicted molar refractivity (Wildman–Crippen MR) is 160 cm³/mol. The summed E-state index contributed by atoms with van der Waals surface area (Å²) in [6.45, 7) is 7.98. The van der Waals surface area contributed by atoms with E-state index in [1.165, 1.54) is 4.90 Å². The van der Waals surface area contributed by atoms with Crippen molar-refractivity contribution < 1.29 is 9.53 Å². The number of likely N-dealkylation sites (N-methyl/N-ethyl adjacent to an activating group) is 1. The number of pyridine rings is 1. The summed E-state index contributed by atoms with van der Waals surface area (Å²) >= 11 is 1.81. The van der Waals surface area contributed by atoms with Crippen molar-refractivity contribution in [2.45, 2.75) is 18.4 Å². The Kier molecular flexibility index (Phi) is 8.81. The lowest BCUT2D eigenvalue weighted by Gasteiger charge is -2.33. The molecule has 2 aromatic carbocycles. The first-order chi connectivity index (χ1) is 19.6. The third-order valence-corrected chi connectivity index (χ3v) is 8.15. The molecule has 0 atom stereocenters. The van der Waals surface area contributed by atoms with Crippen LogP contribution in [0.2, 0.25) is 0 Å². The van der Waals surface area contributed by atoms with Crippen LogP contribution in [0.15, 0.2) is 77.5 Å². The SMILES string of the molecule is CCN1CCN(Sc2ccc(-c3cnc4[nH]cc(/C=C(\C#N)C(=O)NCc5ccc(OC)cc5)c4c3)cc2)CC1. The van der Waals surface area contributed by atoms with Gasteiger partial charge in [0.15, 0.2) is 0 Å². The molecule has 40 heavy (non-hydrogen) atoms. The topological polar surface area (TPSA) is 97.3 Å². The Labute approximate surface area is 238 Å². The number of nitriles is 1. The number of benzene rings is 2. The summed E-state index contributed by atoms with van der Waals surface area (Å²) in [6.07, 6.45) is 5.21. The molecule has 204 valence electrons. The number of methoxy groups -OCH3 is 1. The molecule has 5 rings (SSSR count). The highest BCUT2D eigenvalue weighted by atomic mass is 32.2. The number of nitrogens with zero attached hydrogens (tertiary/aromatic N) is 4. The van der Waals surface area contributed by atoms with E-state index in [2.05, 4.69) is 55.7 Å². The van der Waals surface area contributed by atoms with E-state index in [4.69, 9.17) is 4.74 Å². The highest BCUT2D eigenvalue weighted by Gasteiger charge is 2.17. The number of aromatic nitrogens is 2. The molecule has 3 heterocycles. The molecule has 0 saturated carbocycles. The lowest BCUT2D eigenvalue weighted by molar-refractivity contribution is -0.117. The zero-order valence-electron chi connectivity index (χ0n) is 22.7. The molecule has 2 aromatic heterocycles. The van der Waals surface area contributed by atoms with Gasteiger partial charge in [0.2, 0.25) is 0 Å². The molecule has 1 fully saturated rings. The van der Waals surface area contributed by atoms with E-state index >= 15 is 0 Å². The Morgan fingerprint density at radius 3 is 2.55 bits per heavy atom. The van der Waals surface area contributed by atoms with Crippen LogP contribution in [0.5, 0.6) is 5.75 Å². The Bertz CT molecular complexity index is 1530. The molecule has 1 aliphatic heterocycles. The van der Waals surface area contributed by atoms with Crippen molar-refractivity contribution in [3.8, 4) is 22.9 Å². The average Bonchev–Trinajstić information content (AvgIpc) is 3.41. The summed E-state index contributed by atoms with van der Waals surface area (Å²) in [5, 5.41) is 13.4. The van der Waals surface area contributed by atoms with Gasteiger partial charge in [-0.05, 0) is 66.0 Å². The lowest BCUT2D eigenvalue weighted by atomic mass is 10.0. The van der Waals surface area contributed by atoms with Gasteiger partial charge in [-0.2, -0.15) is 5.26 Å². The number of ether oxygens (including phenoxy) is 1. The number of nitrogens with one attached hydrogen (secondary N) is 2. The van der Waals surface area contributed by atoms with Crippen molar-refractivity contribution >= 4 is 35.0 Å². The molecule has 2 N–H and O–H groups in total. The van der Waals surface area contributed by atoms with Crippen molar-refractivity contribution in [3.63, 3.8) is 0 Å². The van der Waals surface area contributed by atoms with Crippen molar-refractivity contribution in [3.05, 3.63) is 83.7 Å². The number of H-pyrrole nitrogens is 1. The van der Waals surface area contributed by atoms with Gasteiger partial charge in [0.1, 0.15) is 23.0 Å². The fourth-order valence-corrected chi connectivity index (χ4v) is 5.52. The first-order valence-corrected chi connectivity index (χ1v) is 14.1. The number of hydrogen-bond donors (Lipinski definition) is 2. The molecular formula is C31H32N6O2S. The van der Waals surface area contributed by atoms with Gasteiger partial charge in [0.25, 0.3) is 5.91 Å². The highest BCUT2D eigenvalue weighted by Crippen LogP contribution is 2.29. The van der Waals surface area contributed by atoms with E-state index in [9.17, 15) is 10.1 Å². The smallest absolute Gasteiger partial charge is 0.262 e. The zero-order chi connectivity index (χ0) is 27.9. The third-order valence-electron chi connectivity index (χ3n) is 7.04. The molecule has 1 amide bonds. The van der Waals surface area contributed by atoms with Gasteiger partial charge in [-0.15, -0.1) is 0 Å². The summed E-state index contributed by atoms with van der Waals surface area (Å²) in [5.74, 6) is 0.317. The minimum Gasteiger partial charge on any atom is -0.497 e. The largest absolute Gasteiger partial charge is 0.497 e. The Hall–Kier alpha value is -4.10. The maximum Gasteiger partial charge on any atom is 0.262 e. The second kappa shape index (κ2) is 12.8. The summed E-state index contributed by atoms with van der Waals surface area (Å²) in [6, 6.07) is 20.0. The van der Waals surface area contributed by atoms with Crippen LogP contribution in [0.25, 0.3) is 28.2 Å². The number of fused-ring (bicyclic) bond motifs is 1. The van der Waals surface area contributed by atoms with E-state index in [1.54, 1.807) is 19.4 Å². The summed E-state index contributed by atoms with van der Waals surface area (Å²) in [4.78, 5) is 24.2. The fraction of sp³-hybridized carbons (Fsp3) is 0.258. The Morgan fingerprint density at radius 2 is 1.88 bits per heavy atom. The maximum absolute atomic E-state index is 12.8. The van der Waals surface area contributed by atoms with Crippen molar-refractivity contribution in [1.29, 1.82) is 5.26 Å². The van der Waals surface area contributed by atoms with Crippen molar-refractivity contribution in [2.75, 3.05) is 39.8 Å². The Morgan fingerprint density at radius 1 is 1.12 bits per heavy atom. The van der Waals surface area contributed by atoms with E-state index < -0.39 is 5.91 Å². The molecule has 0 spiro atoms. The number of carbonyl (C=O) groups excluding carboxylic acids is 1. The molecule has 8 nitrogen and oxygen atoms in total. The molecule has 4 aromatic rings. The quantitative estimate of drug-likeness (QED) is 0.169. The minimum atomic E-state index is -0.430. The Balaban J connectivity index is 1.28. The van der Waals surface area contributed by atoms with E-state index in [0.29, 0.717) is 12.2 Å². The fourth-order valence-electron chi connectivity index (χ4n) is 4.62. The van der Waals surface area contributed by atoms with E-state index in [0.717, 1.165) is 66.1 Å². The number of amides is 1. The standard InChI is InChI=1S/C31H32N6O2S/c1-3-36-12-14-37(15-13-36)40-28-10-6-23(7-11-28)25-17-29-26(21-34-30(29)33-20-25)16-24(18-32)31(38)35-19-22-4-8-27(39-2)9-5-22/h4-11,16-17,20-21H,3,12-15,19H2,1-2H3,(H,33,34)(H,35,38)/b24-16+. The van der Waals surface area contributed by atoms with Crippen LogP contribution in [-0.2, 0) is 11.3 Å². The minimum absolute atomic E-state index is 0.0287. The summed E-state index contributed by atoms with van der Waals surface area (Å²) < 4.78 is 7.59. The lowest BCUT2D eigenvalue weighted by Crippen LogP contribution is -2.43. The summed E-state index contributed by atoms with van der Waals surface area (Å²) in [5.41, 5.74) is 4.40. The monoisotopic (exact) mass is 552 g/mol. The molecule has 0 bridgehead atoms. The number of piperazine rings is 1. The van der Waals surface area contributed by atoms with Crippen LogP contribution in [0, 0.1) is 11.3 Å². The van der Waals surface area contributed by atoms with E-state index in [1.807, 2.05) is 54.5 Å². The van der Waals surface area contributed by atoms with Gasteiger partial charge >= 0.3 is 0 Å². The molecule has 0 unspecified atom stereocenters. The molecule has 0 radical (unpaired) electrons. The molecule has 9 heteroatoms. The summed E-state index contributed by atoms with van der Waals surface area (Å²) in [7, 11) is 1.61. The van der Waals surface area contributed by atoms with Gasteiger partial charge in [0.05, 0.1) is 7.11 Å². The number of carbonyl (C=O) groups is 1. The normalized spacial score (nSPS) is 14.7. The predicted octanol–water partition coefficient (Wildman–Crippen LogP) is 5.11. The van der Waals surface area contributed by atoms with Crippen molar-refractivity contribution in [2.24, 2.45) is 0 Å². The second-order valence-corrected chi connectivity index (χ2v) is 10.7. The number of rotatable bonds is 9. The van der Waals surface area contributed by atoms with Crippen LogP contribution >= 0.6 is 11.9 Å². The average molecular weight is 553 g/mol. The van der Waals surface area contributed by atoms with Crippen LogP contribution in [0.1, 0.15) is 18.1 Å². The van der Waals surface area contributed by atoms with Crippen LogP contribution in [0.4, 0.5) is 0 Å². The first-order valence-electron chi connectivity index (χ1n) is 13.3. The first kappa shape index (κ1) is 27.5. The van der Waals surface area contributed by atoms with Gasteiger partial charge in [-0.25, -0.2) is 9.29 Å². The third kappa shape index (κ3) is 6.54. The second-order valence-electron chi connectivity index (χ2n) is 9.54. The van der Waals surface area contributed by atoms with Gasteiger partial charge in [-0.1, -0.05) is 31.2 Å². The van der Waals surface area contributed by atoms with Gasteiger partial charge in [-0.3, -0.25) is 4.79 Å². The molecule has 0 aliphatic carbocycles. The molecular weight excluding hydrogens is 520 g/mol. The zero-order valence-corrected chi connectivity index (χ0v) is 23.5. The van der Waals surface area contributed by atoms with Gasteiger partial charge in [0, 0.05) is 66.5 Å². The van der Waals surface area contributed by atoms with Crippen LogP contribution in [-0.4, -0.2) is 64.9 Å². The molecule has 1 saturated heterocycles. The number of aromatic amines is 1. The van der Waals surface area contributed by atoms with Gasteiger partial charge < -0.3 is 19.9 Å². The van der Waals surface area contributed by atoms with Crippen molar-refractivity contribution in [1.82, 2.24) is 24.5 Å². The number of hydrogen-bond acceptors (Lipinski definition) is 7.